The molecule has 0 radical (unpaired) electrons. The molecule has 1 atom stereocenters. The van der Waals surface area contributed by atoms with Gasteiger partial charge in [0, 0.05) is 68.5 Å². The van der Waals surface area contributed by atoms with E-state index in [0.717, 1.165) is 25.7 Å². The summed E-state index contributed by atoms with van der Waals surface area (Å²) in [5, 5.41) is 14.3. The lowest BCUT2D eigenvalue weighted by Gasteiger charge is -2.35. The Bertz CT molecular complexity index is 1340. The van der Waals surface area contributed by atoms with Crippen LogP contribution < -0.4 is 26.6 Å². The Balaban J connectivity index is -0.00000599. The van der Waals surface area contributed by atoms with E-state index in [1.807, 2.05) is 13.8 Å². The van der Waals surface area contributed by atoms with E-state index in [1.165, 1.54) is 25.9 Å². The number of amides is 5. The van der Waals surface area contributed by atoms with E-state index >= 15 is 0 Å². The fourth-order valence-corrected chi connectivity index (χ4v) is 6.14. The van der Waals surface area contributed by atoms with Crippen molar-refractivity contribution >= 4 is 37.6 Å². The normalized spacial score (nSPS) is 10.7. The summed E-state index contributed by atoms with van der Waals surface area (Å²) in [6.07, 6.45) is 23.4. The molecule has 5 amide bonds. The van der Waals surface area contributed by atoms with E-state index in [0.29, 0.717) is 52.8 Å². The van der Waals surface area contributed by atoms with Gasteiger partial charge in [0.15, 0.2) is 6.66 Å². The Morgan fingerprint density at radius 1 is 0.457 bits per heavy atom. The quantitative estimate of drug-likeness (QED) is 0.0179. The summed E-state index contributed by atoms with van der Waals surface area (Å²) >= 11 is 0. The molecule has 0 aromatic carbocycles. The Morgan fingerprint density at radius 3 is 1.21 bits per heavy atom. The first-order valence-electron chi connectivity index (χ1n) is 24.8. The Hall–Kier alpha value is -4.19. The molecule has 0 aromatic rings. The van der Waals surface area contributed by atoms with Crippen LogP contribution in [-0.2, 0) is 66.5 Å². The minimum atomic E-state index is -1.80. The number of hydrogen-bond donors (Lipinski definition) is 5. The molecule has 0 spiro atoms. The van der Waals surface area contributed by atoms with Crippen LogP contribution >= 0.6 is 8.03 Å². The van der Waals surface area contributed by atoms with Crippen molar-refractivity contribution in [3.05, 3.63) is 0 Å². The maximum Gasteiger partial charge on any atom is 0.536 e. The highest BCUT2D eigenvalue weighted by molar-refractivity contribution is 7.37. The lowest BCUT2D eigenvalue weighted by molar-refractivity contribution is -0.201. The fourth-order valence-electron chi connectivity index (χ4n) is 5.92. The van der Waals surface area contributed by atoms with Crippen molar-refractivity contribution in [1.29, 1.82) is 0 Å². The molecule has 0 heterocycles. The zero-order chi connectivity index (χ0) is 52.6. The third-order valence-electron chi connectivity index (χ3n) is 9.42. The Labute approximate surface area is 421 Å². The highest BCUT2D eigenvalue weighted by Gasteiger charge is 2.33. The molecule has 0 aliphatic rings. The predicted molar refractivity (Wildman–Crippen MR) is 271 cm³/mol. The van der Waals surface area contributed by atoms with Crippen LogP contribution in [0.3, 0.4) is 0 Å². The second-order valence-corrected chi connectivity index (χ2v) is 16.3. The van der Waals surface area contributed by atoms with Gasteiger partial charge in [0.2, 0.25) is 29.5 Å². The van der Waals surface area contributed by atoms with Gasteiger partial charge in [0.25, 0.3) is 0 Å². The number of carbonyl (C=O) groups is 5. The van der Waals surface area contributed by atoms with Gasteiger partial charge in [-0.3, -0.25) is 24.0 Å². The molecule has 70 heavy (non-hydrogen) atoms. The SMILES string of the molecule is C#CCOCCOCCNC(=O)CCC(CCC(=O)NCCOCCOCC#C)(CCC(=O)NCCOCCOCC#C)NC(=O)CCCC(=O)NCCCCCCOO[P+](C)=O.CC.CCCCC. The van der Waals surface area contributed by atoms with Crippen LogP contribution in [0.5, 0.6) is 0 Å². The summed E-state index contributed by atoms with van der Waals surface area (Å²) in [4.78, 5) is 70.0. The summed E-state index contributed by atoms with van der Waals surface area (Å²) in [6.45, 7) is 14.4. The van der Waals surface area contributed by atoms with Gasteiger partial charge in [-0.25, -0.2) is 0 Å². The molecule has 5 N–H and O–H groups in total. The average molecular weight is 1020 g/mol. The first kappa shape index (κ1) is 70.1. The molecule has 20 heteroatoms. The number of ether oxygens (including phenoxy) is 6. The van der Waals surface area contributed by atoms with Gasteiger partial charge in [-0.2, -0.15) is 4.89 Å². The maximum atomic E-state index is 13.5. The number of hydrogen-bond acceptors (Lipinski definition) is 14. The molecule has 0 saturated heterocycles. The fraction of sp³-hybridized carbons (Fsp3) is 0.780. The van der Waals surface area contributed by atoms with Crippen LogP contribution in [-0.4, -0.2) is 154 Å². The topological polar surface area (TPSA) is 236 Å². The van der Waals surface area contributed by atoms with Crippen molar-refractivity contribution in [1.82, 2.24) is 26.6 Å². The third kappa shape index (κ3) is 53.2. The zero-order valence-electron chi connectivity index (χ0n) is 43.2. The van der Waals surface area contributed by atoms with Gasteiger partial charge in [-0.1, -0.05) is 77.6 Å². The maximum absolute atomic E-state index is 13.5. The number of terminal acetylenes is 3. The van der Waals surface area contributed by atoms with Gasteiger partial charge in [-0.05, 0) is 43.1 Å². The smallest absolute Gasteiger partial charge is 0.377 e. The highest BCUT2D eigenvalue weighted by atomic mass is 31.1. The summed E-state index contributed by atoms with van der Waals surface area (Å²) in [5.74, 6) is 5.59. The standard InChI is InChI=1S/C43H70N5O14P.C5H12.C2H6/c1-5-25-55-32-35-58-29-22-45-39(50)15-18-43(19-16-40(51)46-23-30-59-36-33-56-26-6-2,20-17-41(52)47-24-31-60-37-34-57-27-7-3)48-42(53)14-12-13-38(49)44-21-10-8-9-11-28-61-62-63(4)54;1-3-5-4-2;1-2/h1-3H,8-37H2,4H3,(H4-,44,45,46,47,48,49,50,51,52,53);3-5H2,1-2H3;1-2H3/p+1. The van der Waals surface area contributed by atoms with Crippen molar-refractivity contribution in [2.45, 2.75) is 136 Å². The van der Waals surface area contributed by atoms with Gasteiger partial charge in [-0.15, -0.1) is 19.3 Å². The van der Waals surface area contributed by atoms with Gasteiger partial charge < -0.3 is 55.0 Å². The molecule has 0 rings (SSSR count). The van der Waals surface area contributed by atoms with Crippen LogP contribution in [0, 0.1) is 37.0 Å². The second-order valence-electron chi connectivity index (χ2n) is 15.3. The van der Waals surface area contributed by atoms with E-state index in [4.69, 9.17) is 52.6 Å². The zero-order valence-corrected chi connectivity index (χ0v) is 44.1. The van der Waals surface area contributed by atoms with E-state index in [1.54, 1.807) is 0 Å². The second kappa shape index (κ2) is 55.7. The van der Waals surface area contributed by atoms with Gasteiger partial charge >= 0.3 is 8.03 Å². The highest BCUT2D eigenvalue weighted by Crippen LogP contribution is 2.27. The molecular formula is C50H89N5O14P+. The Kier molecular flexibility index (Phi) is 55.8. The van der Waals surface area contributed by atoms with Crippen molar-refractivity contribution in [2.75, 3.05) is 119 Å². The van der Waals surface area contributed by atoms with Crippen LogP contribution in [0.25, 0.3) is 0 Å². The minimum absolute atomic E-state index is 0.00166. The monoisotopic (exact) mass is 1010 g/mol. The van der Waals surface area contributed by atoms with E-state index in [2.05, 4.69) is 62.9 Å². The lowest BCUT2D eigenvalue weighted by Crippen LogP contribution is -2.50. The molecule has 0 aromatic heterocycles. The van der Waals surface area contributed by atoms with E-state index in [-0.39, 0.29) is 147 Å². The van der Waals surface area contributed by atoms with Crippen LogP contribution in [0.1, 0.15) is 130 Å². The predicted octanol–water partition coefficient (Wildman–Crippen LogP) is 4.92. The molecule has 0 fully saturated rings. The molecule has 0 saturated carbocycles. The molecular weight excluding hydrogens is 926 g/mol. The number of rotatable bonds is 46. The summed E-state index contributed by atoms with van der Waals surface area (Å²) in [5.41, 5.74) is -1.14. The van der Waals surface area contributed by atoms with Crippen molar-refractivity contribution in [3.8, 4) is 37.0 Å². The van der Waals surface area contributed by atoms with E-state index in [9.17, 15) is 28.5 Å². The molecule has 0 aliphatic heterocycles. The van der Waals surface area contributed by atoms with Crippen molar-refractivity contribution < 1.29 is 66.5 Å². The molecule has 0 aliphatic carbocycles. The number of nitrogens with one attached hydrogen (secondary N) is 5. The molecule has 0 bridgehead atoms. The third-order valence-corrected chi connectivity index (χ3v) is 9.74. The van der Waals surface area contributed by atoms with Gasteiger partial charge in [0.1, 0.15) is 19.8 Å². The van der Waals surface area contributed by atoms with Crippen LogP contribution in [0.15, 0.2) is 0 Å². The number of carbonyl (C=O) groups excluding carboxylic acids is 5. The minimum Gasteiger partial charge on any atom is -0.377 e. The Morgan fingerprint density at radius 2 is 0.829 bits per heavy atom. The first-order chi connectivity index (χ1) is 34.0. The lowest BCUT2D eigenvalue weighted by atomic mass is 9.82. The van der Waals surface area contributed by atoms with Crippen LogP contribution in [0.2, 0.25) is 0 Å². The molecule has 1 unspecified atom stereocenters. The number of unbranched alkanes of at least 4 members (excludes halogenated alkanes) is 5. The first-order valence-corrected chi connectivity index (χ1v) is 26.5. The van der Waals surface area contributed by atoms with Gasteiger partial charge in [0.05, 0.1) is 66.1 Å². The van der Waals surface area contributed by atoms with Crippen molar-refractivity contribution in [2.24, 2.45) is 0 Å². The summed E-state index contributed by atoms with van der Waals surface area (Å²) in [7, 11) is -1.80. The van der Waals surface area contributed by atoms with Crippen LogP contribution in [0.4, 0.5) is 0 Å². The summed E-state index contributed by atoms with van der Waals surface area (Å²) in [6, 6.07) is 0. The van der Waals surface area contributed by atoms with Crippen molar-refractivity contribution in [3.63, 3.8) is 0 Å². The molecule has 402 valence electrons. The largest absolute Gasteiger partial charge is 0.536 e. The van der Waals surface area contributed by atoms with E-state index < -0.39 is 13.6 Å². The average Bonchev–Trinajstić information content (AvgIpc) is 3.34. The summed E-state index contributed by atoms with van der Waals surface area (Å²) < 4.78 is 47.4. The molecule has 19 nitrogen and oxygen atoms in total.